The molecule has 0 radical (unpaired) electrons. The number of carbonyl (C=O) groups excluding carboxylic acids is 1. The molecule has 86 valence electrons. The lowest BCUT2D eigenvalue weighted by Crippen LogP contribution is -2.11. The standard InChI is InChI=1S/C9H4Cl2N4OS/c10-4-3-5(11)8-9(15-17-14-8)7(4)13-6(16)1-2-12/h3H,1H2,(H,13,16). The first kappa shape index (κ1) is 12.0. The molecule has 1 amide bonds. The van der Waals surface area contributed by atoms with Gasteiger partial charge in [0.2, 0.25) is 5.91 Å². The summed E-state index contributed by atoms with van der Waals surface area (Å²) in [4.78, 5) is 11.3. The van der Waals surface area contributed by atoms with Crippen molar-refractivity contribution in [1.82, 2.24) is 8.75 Å². The van der Waals surface area contributed by atoms with E-state index >= 15 is 0 Å². The topological polar surface area (TPSA) is 78.7 Å². The summed E-state index contributed by atoms with van der Waals surface area (Å²) in [7, 11) is 0. The SMILES string of the molecule is N#CCC(=O)Nc1c(Cl)cc(Cl)c2nsnc12. The van der Waals surface area contributed by atoms with Gasteiger partial charge in [-0.3, -0.25) is 4.79 Å². The molecular weight excluding hydrogens is 283 g/mol. The number of hydrogen-bond acceptors (Lipinski definition) is 5. The summed E-state index contributed by atoms with van der Waals surface area (Å²) < 4.78 is 8.01. The number of benzene rings is 1. The number of aromatic nitrogens is 2. The summed E-state index contributed by atoms with van der Waals surface area (Å²) >= 11 is 12.9. The monoisotopic (exact) mass is 286 g/mol. The van der Waals surface area contributed by atoms with Crippen molar-refractivity contribution in [2.24, 2.45) is 0 Å². The molecule has 0 unspecified atom stereocenters. The van der Waals surface area contributed by atoms with Crippen LogP contribution in [-0.4, -0.2) is 14.7 Å². The van der Waals surface area contributed by atoms with E-state index in [1.165, 1.54) is 6.07 Å². The molecule has 17 heavy (non-hydrogen) atoms. The zero-order valence-corrected chi connectivity index (χ0v) is 10.5. The third-order valence-corrected chi connectivity index (χ3v) is 3.06. The predicted molar refractivity (Wildman–Crippen MR) is 66.3 cm³/mol. The molecule has 1 aromatic carbocycles. The van der Waals surface area contributed by atoms with Crippen molar-refractivity contribution >= 4 is 57.6 Å². The predicted octanol–water partition coefficient (Wildman–Crippen LogP) is 2.85. The molecule has 0 bridgehead atoms. The normalized spacial score (nSPS) is 10.2. The number of nitrogens with zero attached hydrogens (tertiary/aromatic N) is 3. The molecule has 1 aromatic heterocycles. The highest BCUT2D eigenvalue weighted by atomic mass is 35.5. The maximum absolute atomic E-state index is 11.3. The molecule has 0 spiro atoms. The average Bonchev–Trinajstić information content (AvgIpc) is 2.73. The van der Waals surface area contributed by atoms with Crippen LogP contribution in [0.5, 0.6) is 0 Å². The largest absolute Gasteiger partial charge is 0.322 e. The van der Waals surface area contributed by atoms with Crippen LogP contribution in [0.2, 0.25) is 10.0 Å². The van der Waals surface area contributed by atoms with Crippen molar-refractivity contribution in [1.29, 1.82) is 5.26 Å². The fourth-order valence-corrected chi connectivity index (χ4v) is 2.41. The first-order valence-electron chi connectivity index (χ1n) is 4.40. The Morgan fingerprint density at radius 2 is 2.12 bits per heavy atom. The lowest BCUT2D eigenvalue weighted by molar-refractivity contribution is -0.115. The van der Waals surface area contributed by atoms with Crippen molar-refractivity contribution < 1.29 is 4.79 Å². The molecule has 2 rings (SSSR count). The van der Waals surface area contributed by atoms with Gasteiger partial charge in [0, 0.05) is 0 Å². The van der Waals surface area contributed by atoms with Crippen LogP contribution < -0.4 is 5.32 Å². The van der Waals surface area contributed by atoms with Crippen molar-refractivity contribution in [3.8, 4) is 6.07 Å². The molecule has 0 saturated carbocycles. The van der Waals surface area contributed by atoms with Gasteiger partial charge in [0.05, 0.1) is 33.5 Å². The second-order valence-corrected chi connectivity index (χ2v) is 4.40. The second kappa shape index (κ2) is 4.84. The van der Waals surface area contributed by atoms with Gasteiger partial charge < -0.3 is 5.32 Å². The minimum absolute atomic E-state index is 0.252. The fraction of sp³-hybridized carbons (Fsp3) is 0.111. The molecule has 8 heteroatoms. The quantitative estimate of drug-likeness (QED) is 0.921. The highest BCUT2D eigenvalue weighted by Crippen LogP contribution is 2.35. The smallest absolute Gasteiger partial charge is 0.238 e. The number of fused-ring (bicyclic) bond motifs is 1. The van der Waals surface area contributed by atoms with E-state index in [0.29, 0.717) is 21.7 Å². The Kier molecular flexibility index (Phi) is 3.43. The van der Waals surface area contributed by atoms with E-state index < -0.39 is 5.91 Å². The highest BCUT2D eigenvalue weighted by Gasteiger charge is 2.15. The van der Waals surface area contributed by atoms with Crippen molar-refractivity contribution in [3.63, 3.8) is 0 Å². The van der Waals surface area contributed by atoms with Crippen LogP contribution in [0.25, 0.3) is 11.0 Å². The van der Waals surface area contributed by atoms with Gasteiger partial charge in [0.15, 0.2) is 0 Å². The van der Waals surface area contributed by atoms with Crippen LogP contribution in [0.3, 0.4) is 0 Å². The number of hydrogen-bond donors (Lipinski definition) is 1. The minimum Gasteiger partial charge on any atom is -0.322 e. The molecule has 0 fully saturated rings. The Hall–Kier alpha value is -1.42. The maximum atomic E-state index is 11.3. The van der Waals surface area contributed by atoms with Gasteiger partial charge >= 0.3 is 0 Å². The Labute approximate surface area is 110 Å². The van der Waals surface area contributed by atoms with Crippen LogP contribution in [0.4, 0.5) is 5.69 Å². The van der Waals surface area contributed by atoms with Crippen molar-refractivity contribution in [2.45, 2.75) is 6.42 Å². The van der Waals surface area contributed by atoms with Gasteiger partial charge in [-0.2, -0.15) is 14.0 Å². The summed E-state index contributed by atoms with van der Waals surface area (Å²) in [6.07, 6.45) is -0.252. The number of amides is 1. The fourth-order valence-electron chi connectivity index (χ4n) is 1.25. The van der Waals surface area contributed by atoms with E-state index in [0.717, 1.165) is 11.7 Å². The zero-order chi connectivity index (χ0) is 12.4. The molecular formula is C9H4Cl2N4OS. The lowest BCUT2D eigenvalue weighted by Gasteiger charge is -2.06. The molecule has 5 nitrogen and oxygen atoms in total. The molecule has 0 atom stereocenters. The van der Waals surface area contributed by atoms with E-state index in [9.17, 15) is 4.79 Å². The Bertz CT molecular complexity index is 634. The van der Waals surface area contributed by atoms with Gasteiger partial charge in [-0.15, -0.1) is 0 Å². The van der Waals surface area contributed by atoms with Gasteiger partial charge in [0.1, 0.15) is 17.5 Å². The van der Waals surface area contributed by atoms with Gasteiger partial charge in [-0.1, -0.05) is 23.2 Å². The molecule has 0 aliphatic rings. The number of nitriles is 1. The van der Waals surface area contributed by atoms with Gasteiger partial charge in [0.25, 0.3) is 0 Å². The number of halogens is 2. The third-order valence-electron chi connectivity index (χ3n) is 1.95. The molecule has 2 aromatic rings. The maximum Gasteiger partial charge on any atom is 0.238 e. The van der Waals surface area contributed by atoms with Gasteiger partial charge in [-0.25, -0.2) is 0 Å². The molecule has 0 saturated heterocycles. The van der Waals surface area contributed by atoms with E-state index in [-0.39, 0.29) is 11.4 Å². The van der Waals surface area contributed by atoms with Crippen LogP contribution in [0.1, 0.15) is 6.42 Å². The van der Waals surface area contributed by atoms with E-state index in [2.05, 4.69) is 14.1 Å². The zero-order valence-electron chi connectivity index (χ0n) is 8.20. The number of anilines is 1. The summed E-state index contributed by atoms with van der Waals surface area (Å²) in [6, 6.07) is 3.23. The van der Waals surface area contributed by atoms with Gasteiger partial charge in [-0.05, 0) is 6.07 Å². The molecule has 1 heterocycles. The minimum atomic E-state index is -0.453. The van der Waals surface area contributed by atoms with E-state index in [4.69, 9.17) is 28.5 Å². The van der Waals surface area contributed by atoms with Crippen LogP contribution in [-0.2, 0) is 4.79 Å². The Morgan fingerprint density at radius 3 is 2.82 bits per heavy atom. The van der Waals surface area contributed by atoms with E-state index in [1.807, 2.05) is 0 Å². The Morgan fingerprint density at radius 1 is 1.41 bits per heavy atom. The summed E-state index contributed by atoms with van der Waals surface area (Å²) in [6.45, 7) is 0. The van der Waals surface area contributed by atoms with Crippen LogP contribution in [0, 0.1) is 11.3 Å². The second-order valence-electron chi connectivity index (χ2n) is 3.06. The van der Waals surface area contributed by atoms with Crippen LogP contribution in [0.15, 0.2) is 6.07 Å². The lowest BCUT2D eigenvalue weighted by atomic mass is 10.2. The summed E-state index contributed by atoms with van der Waals surface area (Å²) in [5, 5.41) is 11.6. The number of rotatable bonds is 2. The van der Waals surface area contributed by atoms with Crippen LogP contribution >= 0.6 is 34.9 Å². The summed E-state index contributed by atoms with van der Waals surface area (Å²) in [5.74, 6) is -0.453. The summed E-state index contributed by atoms with van der Waals surface area (Å²) in [5.41, 5.74) is 1.24. The van der Waals surface area contributed by atoms with Crippen molar-refractivity contribution in [3.05, 3.63) is 16.1 Å². The Balaban J connectivity index is 2.50. The average molecular weight is 287 g/mol. The first-order valence-corrected chi connectivity index (χ1v) is 5.89. The molecule has 0 aliphatic carbocycles. The van der Waals surface area contributed by atoms with Crippen molar-refractivity contribution in [2.75, 3.05) is 5.32 Å². The van der Waals surface area contributed by atoms with E-state index in [1.54, 1.807) is 6.07 Å². The first-order chi connectivity index (χ1) is 8.13. The molecule has 0 aliphatic heterocycles. The highest BCUT2D eigenvalue weighted by molar-refractivity contribution is 7.00. The number of carbonyl (C=O) groups is 1. The molecule has 1 N–H and O–H groups in total. The third kappa shape index (κ3) is 2.31. The number of nitrogens with one attached hydrogen (secondary N) is 1.